The molecule has 1 aromatic rings. The summed E-state index contributed by atoms with van der Waals surface area (Å²) >= 11 is 0. The van der Waals surface area contributed by atoms with Gasteiger partial charge in [-0.25, -0.2) is 0 Å². The molecule has 0 saturated heterocycles. The predicted octanol–water partition coefficient (Wildman–Crippen LogP) is -1.02. The lowest BCUT2D eigenvalue weighted by atomic mass is 10.0. The molecule has 0 aromatic carbocycles. The Bertz CT molecular complexity index is 375. The Kier molecular flexibility index (Phi) is 4.56. The molecule has 0 aliphatic heterocycles. The molecule has 1 heterocycles. The second-order valence-electron chi connectivity index (χ2n) is 3.97. The van der Waals surface area contributed by atoms with Crippen LogP contribution in [0.1, 0.15) is 26.6 Å². The van der Waals surface area contributed by atoms with E-state index in [9.17, 15) is 9.59 Å². The van der Waals surface area contributed by atoms with Crippen molar-refractivity contribution in [3.05, 3.63) is 5.82 Å². The fraction of sp³-hybridized carbons (Fsp3) is 0.667. The van der Waals surface area contributed by atoms with E-state index < -0.39 is 6.04 Å². The Morgan fingerprint density at radius 2 is 2.12 bits per heavy atom. The van der Waals surface area contributed by atoms with Gasteiger partial charge < -0.3 is 10.6 Å². The van der Waals surface area contributed by atoms with Crippen LogP contribution in [-0.4, -0.2) is 38.5 Å². The van der Waals surface area contributed by atoms with Gasteiger partial charge in [0.15, 0.2) is 5.82 Å². The Balaban J connectivity index is 2.50. The number of carbonyl (C=O) groups excluding carboxylic acids is 2. The summed E-state index contributed by atoms with van der Waals surface area (Å²) in [6.07, 6.45) is 0. The molecule has 3 N–H and O–H groups in total. The second kappa shape index (κ2) is 5.92. The highest BCUT2D eigenvalue weighted by Gasteiger charge is 2.22. The lowest BCUT2D eigenvalue weighted by molar-refractivity contribution is -0.129. The average molecular weight is 240 g/mol. The van der Waals surface area contributed by atoms with Gasteiger partial charge >= 0.3 is 0 Å². The van der Waals surface area contributed by atoms with Gasteiger partial charge in [0.05, 0.1) is 6.54 Å². The van der Waals surface area contributed by atoms with Gasteiger partial charge in [-0.05, 0) is 5.92 Å². The molecule has 8 heteroatoms. The third kappa shape index (κ3) is 4.17. The van der Waals surface area contributed by atoms with Crippen molar-refractivity contribution in [3.63, 3.8) is 0 Å². The summed E-state index contributed by atoms with van der Waals surface area (Å²) in [5.41, 5.74) is 0. The maximum absolute atomic E-state index is 11.8. The molecule has 2 amide bonds. The first kappa shape index (κ1) is 13.1. The highest BCUT2D eigenvalue weighted by Crippen LogP contribution is 2.01. The van der Waals surface area contributed by atoms with E-state index in [2.05, 4.69) is 31.3 Å². The maximum atomic E-state index is 11.8. The summed E-state index contributed by atoms with van der Waals surface area (Å²) in [7, 11) is 0. The minimum Gasteiger partial charge on any atom is -0.347 e. The zero-order valence-electron chi connectivity index (χ0n) is 10.0. The summed E-state index contributed by atoms with van der Waals surface area (Å²) in [6.45, 7) is 5.27. The molecule has 0 fully saturated rings. The predicted molar refractivity (Wildman–Crippen MR) is 58.5 cm³/mol. The van der Waals surface area contributed by atoms with E-state index in [-0.39, 0.29) is 24.3 Å². The van der Waals surface area contributed by atoms with Gasteiger partial charge in [0, 0.05) is 6.92 Å². The third-order valence-electron chi connectivity index (χ3n) is 2.12. The topological polar surface area (TPSA) is 113 Å². The van der Waals surface area contributed by atoms with Crippen LogP contribution >= 0.6 is 0 Å². The fourth-order valence-corrected chi connectivity index (χ4v) is 1.29. The SMILES string of the molecule is CC(=O)NC(C(=O)NCc1nn[nH]n1)C(C)C. The van der Waals surface area contributed by atoms with E-state index in [1.54, 1.807) is 0 Å². The van der Waals surface area contributed by atoms with Crippen LogP contribution in [0.4, 0.5) is 0 Å². The second-order valence-corrected chi connectivity index (χ2v) is 3.97. The Hall–Kier alpha value is -1.99. The molecule has 0 bridgehead atoms. The number of rotatable bonds is 5. The zero-order chi connectivity index (χ0) is 12.8. The normalized spacial score (nSPS) is 12.2. The monoisotopic (exact) mass is 240 g/mol. The molecular weight excluding hydrogens is 224 g/mol. The number of hydrogen-bond donors (Lipinski definition) is 3. The first-order valence-electron chi connectivity index (χ1n) is 5.28. The van der Waals surface area contributed by atoms with Crippen molar-refractivity contribution < 1.29 is 9.59 Å². The van der Waals surface area contributed by atoms with Crippen molar-refractivity contribution in [1.29, 1.82) is 0 Å². The van der Waals surface area contributed by atoms with Gasteiger partial charge in [-0.15, -0.1) is 10.2 Å². The van der Waals surface area contributed by atoms with Gasteiger partial charge in [0.25, 0.3) is 0 Å². The van der Waals surface area contributed by atoms with E-state index >= 15 is 0 Å². The lowest BCUT2D eigenvalue weighted by Gasteiger charge is -2.20. The Labute approximate surface area is 98.5 Å². The standard InChI is InChI=1S/C9H16N6O2/c1-5(2)8(11-6(3)16)9(17)10-4-7-12-14-15-13-7/h5,8H,4H2,1-3H3,(H,10,17)(H,11,16)(H,12,13,14,15). The van der Waals surface area contributed by atoms with Crippen LogP contribution in [0.2, 0.25) is 0 Å². The lowest BCUT2D eigenvalue weighted by Crippen LogP contribution is -2.48. The van der Waals surface area contributed by atoms with E-state index in [4.69, 9.17) is 0 Å². The van der Waals surface area contributed by atoms with Gasteiger partial charge in [-0.2, -0.15) is 5.21 Å². The molecule has 1 rings (SSSR count). The molecule has 0 spiro atoms. The number of amides is 2. The average Bonchev–Trinajstić information content (AvgIpc) is 2.74. The molecule has 1 unspecified atom stereocenters. The number of hydrogen-bond acceptors (Lipinski definition) is 5. The van der Waals surface area contributed by atoms with Crippen molar-refractivity contribution >= 4 is 11.8 Å². The van der Waals surface area contributed by atoms with Crippen molar-refractivity contribution in [3.8, 4) is 0 Å². The van der Waals surface area contributed by atoms with Gasteiger partial charge in [-0.3, -0.25) is 9.59 Å². The van der Waals surface area contributed by atoms with Crippen LogP contribution < -0.4 is 10.6 Å². The molecule has 17 heavy (non-hydrogen) atoms. The largest absolute Gasteiger partial charge is 0.347 e. The first-order valence-corrected chi connectivity index (χ1v) is 5.28. The van der Waals surface area contributed by atoms with Gasteiger partial charge in [0.2, 0.25) is 11.8 Å². The van der Waals surface area contributed by atoms with Crippen LogP contribution in [0.3, 0.4) is 0 Å². The molecule has 1 atom stereocenters. The quantitative estimate of drug-likeness (QED) is 0.609. The van der Waals surface area contributed by atoms with Crippen molar-refractivity contribution in [1.82, 2.24) is 31.3 Å². The molecule has 94 valence electrons. The van der Waals surface area contributed by atoms with E-state index in [0.29, 0.717) is 5.82 Å². The highest BCUT2D eigenvalue weighted by atomic mass is 16.2. The van der Waals surface area contributed by atoms with Crippen molar-refractivity contribution in [2.45, 2.75) is 33.4 Å². The van der Waals surface area contributed by atoms with Crippen molar-refractivity contribution in [2.75, 3.05) is 0 Å². The molecule has 8 nitrogen and oxygen atoms in total. The summed E-state index contributed by atoms with van der Waals surface area (Å²) in [6, 6.07) is -0.556. The highest BCUT2D eigenvalue weighted by molar-refractivity contribution is 5.86. The van der Waals surface area contributed by atoms with Crippen LogP contribution in [0, 0.1) is 5.92 Å². The zero-order valence-corrected chi connectivity index (χ0v) is 10.0. The minimum atomic E-state index is -0.556. The van der Waals surface area contributed by atoms with E-state index in [1.165, 1.54) is 6.92 Å². The number of tetrazole rings is 1. The molecule has 1 aromatic heterocycles. The summed E-state index contributed by atoms with van der Waals surface area (Å²) < 4.78 is 0. The number of nitrogens with one attached hydrogen (secondary N) is 3. The molecular formula is C9H16N6O2. The van der Waals surface area contributed by atoms with Crippen LogP contribution in [0.5, 0.6) is 0 Å². The van der Waals surface area contributed by atoms with E-state index in [1.807, 2.05) is 13.8 Å². The van der Waals surface area contributed by atoms with Crippen molar-refractivity contribution in [2.24, 2.45) is 5.92 Å². The minimum absolute atomic E-state index is 0.00386. The van der Waals surface area contributed by atoms with Gasteiger partial charge in [0.1, 0.15) is 6.04 Å². The Morgan fingerprint density at radius 3 is 2.59 bits per heavy atom. The maximum Gasteiger partial charge on any atom is 0.243 e. The third-order valence-corrected chi connectivity index (χ3v) is 2.12. The molecule has 0 radical (unpaired) electrons. The van der Waals surface area contributed by atoms with Crippen LogP contribution in [0.15, 0.2) is 0 Å². The van der Waals surface area contributed by atoms with Crippen LogP contribution in [0.25, 0.3) is 0 Å². The summed E-state index contributed by atoms with van der Waals surface area (Å²) in [5, 5.41) is 18.3. The summed E-state index contributed by atoms with van der Waals surface area (Å²) in [4.78, 5) is 22.8. The molecule has 0 aliphatic carbocycles. The fourth-order valence-electron chi connectivity index (χ4n) is 1.29. The number of aromatic amines is 1. The van der Waals surface area contributed by atoms with E-state index in [0.717, 1.165) is 0 Å². The van der Waals surface area contributed by atoms with Crippen LogP contribution in [-0.2, 0) is 16.1 Å². The number of carbonyl (C=O) groups is 2. The smallest absolute Gasteiger partial charge is 0.243 e. The number of nitrogens with zero attached hydrogens (tertiary/aromatic N) is 3. The molecule has 0 saturated carbocycles. The first-order chi connectivity index (χ1) is 8.00. The Morgan fingerprint density at radius 1 is 1.41 bits per heavy atom. The molecule has 0 aliphatic rings. The number of aromatic nitrogens is 4. The number of H-pyrrole nitrogens is 1. The van der Waals surface area contributed by atoms with Gasteiger partial charge in [-0.1, -0.05) is 19.1 Å². The summed E-state index contributed by atoms with van der Waals surface area (Å²) in [5.74, 6) is -0.105.